The molecule has 0 spiro atoms. The Bertz CT molecular complexity index is 352. The first-order valence-corrected chi connectivity index (χ1v) is 7.15. The van der Waals surface area contributed by atoms with Crippen LogP contribution in [0, 0.1) is 0 Å². The van der Waals surface area contributed by atoms with Crippen LogP contribution in [0.2, 0.25) is 0 Å². The van der Waals surface area contributed by atoms with Gasteiger partial charge in [0.1, 0.15) is 0 Å². The van der Waals surface area contributed by atoms with Crippen molar-refractivity contribution in [3.05, 3.63) is 34.3 Å². The van der Waals surface area contributed by atoms with Gasteiger partial charge in [0.05, 0.1) is 6.10 Å². The molecule has 2 N–H and O–H groups in total. The molecule has 1 aliphatic carbocycles. The van der Waals surface area contributed by atoms with E-state index in [0.29, 0.717) is 6.04 Å². The first-order valence-electron chi connectivity index (χ1n) is 6.36. The van der Waals surface area contributed by atoms with Crippen molar-refractivity contribution in [2.75, 3.05) is 0 Å². The van der Waals surface area contributed by atoms with Gasteiger partial charge in [0, 0.05) is 16.6 Å². The maximum Gasteiger partial charge on any atom is 0.0693 e. The van der Waals surface area contributed by atoms with E-state index in [1.165, 1.54) is 12.0 Å². The molecule has 3 heteroatoms. The third kappa shape index (κ3) is 3.54. The molecule has 0 bridgehead atoms. The molecule has 1 aromatic rings. The molecule has 94 valence electrons. The van der Waals surface area contributed by atoms with E-state index in [2.05, 4.69) is 52.4 Å². The van der Waals surface area contributed by atoms with Crippen molar-refractivity contribution in [3.8, 4) is 0 Å². The predicted octanol–water partition coefficient (Wildman–Crippen LogP) is 3.40. The van der Waals surface area contributed by atoms with Crippen molar-refractivity contribution in [2.45, 2.75) is 50.8 Å². The lowest BCUT2D eigenvalue weighted by atomic mass is 9.91. The molecular formula is C14H20BrNO. The Morgan fingerprint density at radius 2 is 1.88 bits per heavy atom. The SMILES string of the molecule is C[C@@H](N[C@@H]1CCCC[C@H]1O)c1ccc(Br)cc1. The highest BCUT2D eigenvalue weighted by Crippen LogP contribution is 2.22. The normalized spacial score (nSPS) is 26.8. The van der Waals surface area contributed by atoms with E-state index < -0.39 is 0 Å². The number of aliphatic hydroxyl groups is 1. The summed E-state index contributed by atoms with van der Waals surface area (Å²) in [6, 6.07) is 8.91. The van der Waals surface area contributed by atoms with E-state index in [0.717, 1.165) is 23.7 Å². The number of halogens is 1. The first-order chi connectivity index (χ1) is 8.16. The fourth-order valence-corrected chi connectivity index (χ4v) is 2.74. The lowest BCUT2D eigenvalue weighted by molar-refractivity contribution is 0.0860. The van der Waals surface area contributed by atoms with Crippen LogP contribution in [0.3, 0.4) is 0 Å². The Kier molecular flexibility index (Phi) is 4.60. The quantitative estimate of drug-likeness (QED) is 0.896. The minimum Gasteiger partial charge on any atom is -0.392 e. The molecule has 0 radical (unpaired) electrons. The lowest BCUT2D eigenvalue weighted by Crippen LogP contribution is -2.43. The second kappa shape index (κ2) is 5.98. The van der Waals surface area contributed by atoms with Gasteiger partial charge in [0.15, 0.2) is 0 Å². The van der Waals surface area contributed by atoms with Crippen molar-refractivity contribution in [2.24, 2.45) is 0 Å². The van der Waals surface area contributed by atoms with Gasteiger partial charge < -0.3 is 10.4 Å². The van der Waals surface area contributed by atoms with Gasteiger partial charge in [-0.05, 0) is 37.5 Å². The first kappa shape index (κ1) is 13.1. The number of nitrogens with one attached hydrogen (secondary N) is 1. The molecule has 1 fully saturated rings. The minimum absolute atomic E-state index is 0.179. The fraction of sp³-hybridized carbons (Fsp3) is 0.571. The Hall–Kier alpha value is -0.380. The highest BCUT2D eigenvalue weighted by molar-refractivity contribution is 9.10. The standard InChI is InChI=1S/C14H20BrNO/c1-10(11-6-8-12(15)9-7-11)16-13-4-2-3-5-14(13)17/h6-10,13-14,16-17H,2-5H2,1H3/t10-,13-,14-/m1/s1. The highest BCUT2D eigenvalue weighted by atomic mass is 79.9. The summed E-state index contributed by atoms with van der Waals surface area (Å²) in [5, 5.41) is 13.5. The average Bonchev–Trinajstić information content (AvgIpc) is 2.33. The molecule has 17 heavy (non-hydrogen) atoms. The summed E-state index contributed by atoms with van der Waals surface area (Å²) < 4.78 is 1.10. The van der Waals surface area contributed by atoms with Gasteiger partial charge in [-0.15, -0.1) is 0 Å². The predicted molar refractivity (Wildman–Crippen MR) is 74.0 cm³/mol. The van der Waals surface area contributed by atoms with Crippen LogP contribution >= 0.6 is 15.9 Å². The summed E-state index contributed by atoms with van der Waals surface area (Å²) in [4.78, 5) is 0. The van der Waals surface area contributed by atoms with Crippen LogP contribution in [0.1, 0.15) is 44.2 Å². The van der Waals surface area contributed by atoms with Crippen LogP contribution in [0.5, 0.6) is 0 Å². The van der Waals surface area contributed by atoms with Crippen LogP contribution in [0.25, 0.3) is 0 Å². The molecule has 2 rings (SSSR count). The molecule has 0 amide bonds. The molecule has 0 aromatic heterocycles. The van der Waals surface area contributed by atoms with E-state index in [1.807, 2.05) is 0 Å². The molecule has 3 atom stereocenters. The molecule has 0 unspecified atom stereocenters. The van der Waals surface area contributed by atoms with E-state index in [9.17, 15) is 5.11 Å². The van der Waals surface area contributed by atoms with Crippen molar-refractivity contribution in [1.29, 1.82) is 0 Å². The van der Waals surface area contributed by atoms with Gasteiger partial charge in [-0.1, -0.05) is 40.9 Å². The van der Waals surface area contributed by atoms with E-state index in [4.69, 9.17) is 0 Å². The van der Waals surface area contributed by atoms with Gasteiger partial charge in [-0.2, -0.15) is 0 Å². The summed E-state index contributed by atoms with van der Waals surface area (Å²) >= 11 is 3.44. The Labute approximate surface area is 112 Å². The highest BCUT2D eigenvalue weighted by Gasteiger charge is 2.24. The summed E-state index contributed by atoms with van der Waals surface area (Å²) in [7, 11) is 0. The summed E-state index contributed by atoms with van der Waals surface area (Å²) in [6.07, 6.45) is 4.22. The van der Waals surface area contributed by atoms with Crippen molar-refractivity contribution in [1.82, 2.24) is 5.32 Å². The van der Waals surface area contributed by atoms with Gasteiger partial charge in [0.2, 0.25) is 0 Å². The molecule has 0 aliphatic heterocycles. The zero-order chi connectivity index (χ0) is 12.3. The molecule has 1 aliphatic rings. The number of hydrogen-bond acceptors (Lipinski definition) is 2. The minimum atomic E-state index is -0.179. The third-order valence-corrected chi connectivity index (χ3v) is 4.09. The van der Waals surface area contributed by atoms with Crippen molar-refractivity contribution < 1.29 is 5.11 Å². The molecule has 2 nitrogen and oxygen atoms in total. The number of benzene rings is 1. The van der Waals surface area contributed by atoms with Crippen molar-refractivity contribution >= 4 is 15.9 Å². The zero-order valence-electron chi connectivity index (χ0n) is 10.2. The monoisotopic (exact) mass is 297 g/mol. The van der Waals surface area contributed by atoms with E-state index >= 15 is 0 Å². The van der Waals surface area contributed by atoms with Crippen LogP contribution in [0.15, 0.2) is 28.7 Å². The largest absolute Gasteiger partial charge is 0.392 e. The number of aliphatic hydroxyl groups excluding tert-OH is 1. The fourth-order valence-electron chi connectivity index (χ4n) is 2.47. The van der Waals surface area contributed by atoms with Gasteiger partial charge >= 0.3 is 0 Å². The van der Waals surface area contributed by atoms with E-state index in [-0.39, 0.29) is 12.1 Å². The third-order valence-electron chi connectivity index (χ3n) is 3.56. The molecule has 1 saturated carbocycles. The summed E-state index contributed by atoms with van der Waals surface area (Å²) in [5.41, 5.74) is 1.27. The summed E-state index contributed by atoms with van der Waals surface area (Å²) in [5.74, 6) is 0. The van der Waals surface area contributed by atoms with Crippen LogP contribution < -0.4 is 5.32 Å². The smallest absolute Gasteiger partial charge is 0.0693 e. The van der Waals surface area contributed by atoms with E-state index in [1.54, 1.807) is 0 Å². The topological polar surface area (TPSA) is 32.3 Å². The Morgan fingerprint density at radius 3 is 2.53 bits per heavy atom. The van der Waals surface area contributed by atoms with Crippen LogP contribution in [0.4, 0.5) is 0 Å². The maximum absolute atomic E-state index is 9.94. The second-order valence-electron chi connectivity index (χ2n) is 4.90. The van der Waals surface area contributed by atoms with Gasteiger partial charge in [0.25, 0.3) is 0 Å². The molecular weight excluding hydrogens is 278 g/mol. The maximum atomic E-state index is 9.94. The van der Waals surface area contributed by atoms with Gasteiger partial charge in [-0.25, -0.2) is 0 Å². The molecule has 0 saturated heterocycles. The summed E-state index contributed by atoms with van der Waals surface area (Å²) in [6.45, 7) is 2.16. The van der Waals surface area contributed by atoms with Crippen molar-refractivity contribution in [3.63, 3.8) is 0 Å². The number of rotatable bonds is 3. The van der Waals surface area contributed by atoms with Crippen LogP contribution in [-0.2, 0) is 0 Å². The Morgan fingerprint density at radius 1 is 1.24 bits per heavy atom. The van der Waals surface area contributed by atoms with Crippen LogP contribution in [-0.4, -0.2) is 17.3 Å². The van der Waals surface area contributed by atoms with Gasteiger partial charge in [-0.3, -0.25) is 0 Å². The Balaban J connectivity index is 1.95. The average molecular weight is 298 g/mol. The molecule has 0 heterocycles. The molecule has 1 aromatic carbocycles. The second-order valence-corrected chi connectivity index (χ2v) is 5.81. The lowest BCUT2D eigenvalue weighted by Gasteiger charge is -2.31. The number of hydrogen-bond donors (Lipinski definition) is 2. The zero-order valence-corrected chi connectivity index (χ0v) is 11.8.